The van der Waals surface area contributed by atoms with Gasteiger partial charge in [0.25, 0.3) is 0 Å². The normalized spacial score (nSPS) is 18.9. The standard InChI is InChI=1S/C16H19ClN4O2/c17-13-6-2-1-4-11(13)8-14-19-15(23-20-14)10-21-7-3-5-12(9-21)16(18)22/h1-2,4,6,12H,3,5,7-10H2,(H2,18,22). The Hall–Kier alpha value is -1.92. The van der Waals surface area contributed by atoms with Crippen molar-refractivity contribution in [1.82, 2.24) is 15.0 Å². The Kier molecular flexibility index (Phi) is 4.93. The Labute approximate surface area is 139 Å². The summed E-state index contributed by atoms with van der Waals surface area (Å²) in [6, 6.07) is 7.61. The zero-order valence-electron chi connectivity index (χ0n) is 12.7. The minimum absolute atomic E-state index is 0.0886. The molecular weight excluding hydrogens is 316 g/mol. The summed E-state index contributed by atoms with van der Waals surface area (Å²) in [7, 11) is 0. The number of carbonyl (C=O) groups excluding carboxylic acids is 1. The van der Waals surface area contributed by atoms with Crippen LogP contribution in [0.4, 0.5) is 0 Å². The third-order valence-corrected chi connectivity index (χ3v) is 4.45. The zero-order valence-corrected chi connectivity index (χ0v) is 13.5. The molecule has 1 aliphatic heterocycles. The molecule has 1 aliphatic rings. The van der Waals surface area contributed by atoms with Gasteiger partial charge < -0.3 is 10.3 Å². The number of benzene rings is 1. The molecule has 6 nitrogen and oxygen atoms in total. The van der Waals surface area contributed by atoms with Gasteiger partial charge in [-0.2, -0.15) is 4.98 Å². The number of hydrogen-bond donors (Lipinski definition) is 1. The van der Waals surface area contributed by atoms with Crippen LogP contribution >= 0.6 is 11.6 Å². The maximum atomic E-state index is 11.3. The highest BCUT2D eigenvalue weighted by Crippen LogP contribution is 2.20. The zero-order chi connectivity index (χ0) is 16.2. The van der Waals surface area contributed by atoms with E-state index in [-0.39, 0.29) is 11.8 Å². The molecule has 0 radical (unpaired) electrons. The van der Waals surface area contributed by atoms with Crippen LogP contribution in [0.2, 0.25) is 5.02 Å². The van der Waals surface area contributed by atoms with E-state index in [1.807, 2.05) is 24.3 Å². The Bertz CT molecular complexity index is 688. The number of nitrogens with two attached hydrogens (primary N) is 1. The molecular formula is C16H19ClN4O2. The molecule has 2 heterocycles. The second-order valence-corrected chi connectivity index (χ2v) is 6.26. The lowest BCUT2D eigenvalue weighted by Crippen LogP contribution is -2.40. The van der Waals surface area contributed by atoms with Crippen LogP contribution in [-0.4, -0.2) is 34.0 Å². The number of likely N-dealkylation sites (tertiary alicyclic amines) is 1. The van der Waals surface area contributed by atoms with Gasteiger partial charge in [0.15, 0.2) is 5.82 Å². The van der Waals surface area contributed by atoms with Gasteiger partial charge in [-0.3, -0.25) is 9.69 Å². The van der Waals surface area contributed by atoms with Gasteiger partial charge in [0.2, 0.25) is 11.8 Å². The predicted octanol–water partition coefficient (Wildman–Crippen LogP) is 2.01. The number of carbonyl (C=O) groups is 1. The van der Waals surface area contributed by atoms with Crippen LogP contribution in [-0.2, 0) is 17.8 Å². The highest BCUT2D eigenvalue weighted by atomic mass is 35.5. The van der Waals surface area contributed by atoms with Crippen LogP contribution in [0.1, 0.15) is 30.1 Å². The van der Waals surface area contributed by atoms with Crippen molar-refractivity contribution in [2.45, 2.75) is 25.8 Å². The Morgan fingerprint density at radius 2 is 2.26 bits per heavy atom. The number of piperidine rings is 1. The number of hydrogen-bond acceptors (Lipinski definition) is 5. The first-order chi connectivity index (χ1) is 11.1. The van der Waals surface area contributed by atoms with Crippen LogP contribution in [0.3, 0.4) is 0 Å². The minimum Gasteiger partial charge on any atom is -0.369 e. The Morgan fingerprint density at radius 3 is 3.04 bits per heavy atom. The Morgan fingerprint density at radius 1 is 1.43 bits per heavy atom. The van der Waals surface area contributed by atoms with E-state index in [4.69, 9.17) is 21.9 Å². The van der Waals surface area contributed by atoms with E-state index < -0.39 is 0 Å². The molecule has 1 fully saturated rings. The first-order valence-corrected chi connectivity index (χ1v) is 8.06. The molecule has 1 unspecified atom stereocenters. The molecule has 1 aromatic carbocycles. The van der Waals surface area contributed by atoms with Gasteiger partial charge in [0.1, 0.15) is 0 Å². The van der Waals surface area contributed by atoms with E-state index in [0.29, 0.717) is 36.2 Å². The molecule has 1 saturated heterocycles. The van der Waals surface area contributed by atoms with E-state index >= 15 is 0 Å². The number of amides is 1. The average molecular weight is 335 g/mol. The van der Waals surface area contributed by atoms with Crippen molar-refractivity contribution in [1.29, 1.82) is 0 Å². The highest BCUT2D eigenvalue weighted by molar-refractivity contribution is 6.31. The topological polar surface area (TPSA) is 85.3 Å². The molecule has 7 heteroatoms. The summed E-state index contributed by atoms with van der Waals surface area (Å²) in [5.41, 5.74) is 6.36. The van der Waals surface area contributed by atoms with E-state index in [9.17, 15) is 4.79 Å². The lowest BCUT2D eigenvalue weighted by molar-refractivity contribution is -0.123. The van der Waals surface area contributed by atoms with Crippen LogP contribution in [0.15, 0.2) is 28.8 Å². The molecule has 3 rings (SSSR count). The highest BCUT2D eigenvalue weighted by Gasteiger charge is 2.25. The molecule has 2 N–H and O–H groups in total. The van der Waals surface area contributed by atoms with Crippen molar-refractivity contribution in [2.75, 3.05) is 13.1 Å². The fourth-order valence-electron chi connectivity index (χ4n) is 2.86. The number of rotatable bonds is 5. The maximum Gasteiger partial charge on any atom is 0.240 e. The molecule has 1 aromatic heterocycles. The van der Waals surface area contributed by atoms with Crippen LogP contribution < -0.4 is 5.73 Å². The Balaban J connectivity index is 1.61. The molecule has 2 aromatic rings. The third-order valence-electron chi connectivity index (χ3n) is 4.08. The van der Waals surface area contributed by atoms with Gasteiger partial charge >= 0.3 is 0 Å². The number of primary amides is 1. The van der Waals surface area contributed by atoms with Crippen molar-refractivity contribution in [3.05, 3.63) is 46.6 Å². The third kappa shape index (κ3) is 4.09. The molecule has 0 saturated carbocycles. The van der Waals surface area contributed by atoms with Gasteiger partial charge in [0, 0.05) is 18.0 Å². The van der Waals surface area contributed by atoms with E-state index in [2.05, 4.69) is 15.0 Å². The summed E-state index contributed by atoms with van der Waals surface area (Å²) in [5.74, 6) is 0.836. The van der Waals surface area contributed by atoms with Gasteiger partial charge in [-0.25, -0.2) is 0 Å². The molecule has 1 amide bonds. The first kappa shape index (κ1) is 16.0. The quantitative estimate of drug-likeness (QED) is 0.904. The summed E-state index contributed by atoms with van der Waals surface area (Å²) in [4.78, 5) is 17.9. The van der Waals surface area contributed by atoms with Crippen molar-refractivity contribution >= 4 is 17.5 Å². The van der Waals surface area contributed by atoms with Crippen molar-refractivity contribution in [3.8, 4) is 0 Å². The number of nitrogens with zero attached hydrogens (tertiary/aromatic N) is 3. The second-order valence-electron chi connectivity index (χ2n) is 5.85. The average Bonchev–Trinajstić information content (AvgIpc) is 2.97. The largest absolute Gasteiger partial charge is 0.369 e. The molecule has 23 heavy (non-hydrogen) atoms. The molecule has 0 aliphatic carbocycles. The fraction of sp³-hybridized carbons (Fsp3) is 0.438. The maximum absolute atomic E-state index is 11.3. The molecule has 1 atom stereocenters. The molecule has 122 valence electrons. The summed E-state index contributed by atoms with van der Waals surface area (Å²) in [6.07, 6.45) is 2.34. The van der Waals surface area contributed by atoms with E-state index in [1.165, 1.54) is 0 Å². The summed E-state index contributed by atoms with van der Waals surface area (Å²) >= 11 is 6.14. The van der Waals surface area contributed by atoms with Gasteiger partial charge in [0.05, 0.1) is 12.5 Å². The first-order valence-electron chi connectivity index (χ1n) is 7.68. The molecule has 0 spiro atoms. The molecule has 0 bridgehead atoms. The van der Waals surface area contributed by atoms with Crippen LogP contribution in [0.5, 0.6) is 0 Å². The number of halogens is 1. The van der Waals surface area contributed by atoms with Gasteiger partial charge in [-0.15, -0.1) is 0 Å². The smallest absolute Gasteiger partial charge is 0.240 e. The van der Waals surface area contributed by atoms with Gasteiger partial charge in [-0.05, 0) is 31.0 Å². The summed E-state index contributed by atoms with van der Waals surface area (Å²) in [6.45, 7) is 2.10. The lowest BCUT2D eigenvalue weighted by Gasteiger charge is -2.29. The summed E-state index contributed by atoms with van der Waals surface area (Å²) in [5, 5.41) is 4.70. The minimum atomic E-state index is -0.236. The second kappa shape index (κ2) is 7.10. The SMILES string of the molecule is NC(=O)C1CCCN(Cc2nc(Cc3ccccc3Cl)no2)C1. The van der Waals surface area contributed by atoms with Gasteiger partial charge in [-0.1, -0.05) is 35.0 Å². The van der Waals surface area contributed by atoms with E-state index in [1.54, 1.807) is 0 Å². The van der Waals surface area contributed by atoms with Crippen molar-refractivity contribution in [2.24, 2.45) is 11.7 Å². The van der Waals surface area contributed by atoms with Crippen LogP contribution in [0, 0.1) is 5.92 Å². The van der Waals surface area contributed by atoms with E-state index in [0.717, 1.165) is 24.9 Å². The fourth-order valence-corrected chi connectivity index (χ4v) is 3.06. The summed E-state index contributed by atoms with van der Waals surface area (Å²) < 4.78 is 5.31. The monoisotopic (exact) mass is 334 g/mol. The van der Waals surface area contributed by atoms with Crippen LogP contribution in [0.25, 0.3) is 0 Å². The van der Waals surface area contributed by atoms with Crippen molar-refractivity contribution < 1.29 is 9.32 Å². The number of aromatic nitrogens is 2. The lowest BCUT2D eigenvalue weighted by atomic mass is 9.97. The van der Waals surface area contributed by atoms with Crippen molar-refractivity contribution in [3.63, 3.8) is 0 Å². The predicted molar refractivity (Wildman–Crippen MR) is 85.8 cm³/mol.